The minimum atomic E-state index is -0.790. The summed E-state index contributed by atoms with van der Waals surface area (Å²) in [5.74, 6) is -0.790. The molecule has 0 radical (unpaired) electrons. The van der Waals surface area contributed by atoms with Crippen LogP contribution in [-0.2, 0) is 15.1 Å². The number of benzene rings is 2. The SMILES string of the molecule is CC1OC(CCCN(C)[C@@H](C)C(=O)O)(c2ccccc2)c2ccccc21. The number of rotatable bonds is 7. The molecule has 0 bridgehead atoms. The summed E-state index contributed by atoms with van der Waals surface area (Å²) >= 11 is 0. The molecule has 1 heterocycles. The van der Waals surface area contributed by atoms with Crippen molar-refractivity contribution in [3.8, 4) is 0 Å². The minimum absolute atomic E-state index is 0.0436. The Labute approximate surface area is 155 Å². The van der Waals surface area contributed by atoms with Crippen molar-refractivity contribution in [1.82, 2.24) is 4.90 Å². The molecule has 1 N–H and O–H groups in total. The first kappa shape index (κ1) is 18.6. The highest BCUT2D eigenvalue weighted by Gasteiger charge is 2.44. The molecule has 0 saturated heterocycles. The fourth-order valence-electron chi connectivity index (χ4n) is 3.88. The Morgan fingerprint density at radius 1 is 1.19 bits per heavy atom. The molecule has 26 heavy (non-hydrogen) atoms. The summed E-state index contributed by atoms with van der Waals surface area (Å²) in [4.78, 5) is 13.1. The average molecular weight is 353 g/mol. The summed E-state index contributed by atoms with van der Waals surface area (Å²) in [5.41, 5.74) is 3.16. The van der Waals surface area contributed by atoms with Crippen molar-refractivity contribution < 1.29 is 14.6 Å². The summed E-state index contributed by atoms with van der Waals surface area (Å²) in [6, 6.07) is 18.3. The first-order valence-electron chi connectivity index (χ1n) is 9.21. The highest BCUT2D eigenvalue weighted by atomic mass is 16.5. The van der Waals surface area contributed by atoms with Crippen LogP contribution in [0.2, 0.25) is 0 Å². The van der Waals surface area contributed by atoms with Gasteiger partial charge in [0.25, 0.3) is 0 Å². The van der Waals surface area contributed by atoms with E-state index in [9.17, 15) is 9.90 Å². The van der Waals surface area contributed by atoms with E-state index in [1.165, 1.54) is 11.1 Å². The van der Waals surface area contributed by atoms with Crippen molar-refractivity contribution in [3.05, 3.63) is 71.3 Å². The maximum absolute atomic E-state index is 11.2. The molecule has 138 valence electrons. The second-order valence-electron chi connectivity index (χ2n) is 7.14. The highest BCUT2D eigenvalue weighted by molar-refractivity contribution is 5.72. The number of carbonyl (C=O) groups is 1. The number of carboxylic acids is 1. The van der Waals surface area contributed by atoms with Crippen LogP contribution in [0.25, 0.3) is 0 Å². The lowest BCUT2D eigenvalue weighted by atomic mass is 9.81. The van der Waals surface area contributed by atoms with Crippen molar-refractivity contribution in [1.29, 1.82) is 0 Å². The van der Waals surface area contributed by atoms with Crippen LogP contribution in [0.3, 0.4) is 0 Å². The first-order chi connectivity index (χ1) is 12.5. The Hall–Kier alpha value is -2.17. The van der Waals surface area contributed by atoms with Crippen LogP contribution in [0.15, 0.2) is 54.6 Å². The van der Waals surface area contributed by atoms with Gasteiger partial charge in [0.15, 0.2) is 0 Å². The van der Waals surface area contributed by atoms with Gasteiger partial charge in [-0.1, -0.05) is 54.6 Å². The van der Waals surface area contributed by atoms with Gasteiger partial charge in [0.2, 0.25) is 0 Å². The number of hydrogen-bond acceptors (Lipinski definition) is 3. The number of nitrogens with zero attached hydrogens (tertiary/aromatic N) is 1. The molecule has 4 heteroatoms. The van der Waals surface area contributed by atoms with E-state index in [1.807, 2.05) is 30.1 Å². The quantitative estimate of drug-likeness (QED) is 0.810. The largest absolute Gasteiger partial charge is 0.480 e. The lowest BCUT2D eigenvalue weighted by Crippen LogP contribution is -2.37. The van der Waals surface area contributed by atoms with Gasteiger partial charge >= 0.3 is 5.97 Å². The van der Waals surface area contributed by atoms with Crippen molar-refractivity contribution in [2.45, 2.75) is 44.4 Å². The van der Waals surface area contributed by atoms with Crippen LogP contribution in [0, 0.1) is 0 Å². The van der Waals surface area contributed by atoms with Crippen LogP contribution in [0.4, 0.5) is 0 Å². The van der Waals surface area contributed by atoms with Gasteiger partial charge in [-0.25, -0.2) is 0 Å². The summed E-state index contributed by atoms with van der Waals surface area (Å²) < 4.78 is 6.56. The van der Waals surface area contributed by atoms with Gasteiger partial charge in [-0.3, -0.25) is 9.69 Å². The highest BCUT2D eigenvalue weighted by Crippen LogP contribution is 2.49. The summed E-state index contributed by atoms with van der Waals surface area (Å²) in [7, 11) is 1.86. The van der Waals surface area contributed by atoms with E-state index < -0.39 is 17.6 Å². The number of fused-ring (bicyclic) bond motifs is 1. The van der Waals surface area contributed by atoms with Crippen LogP contribution in [0.5, 0.6) is 0 Å². The van der Waals surface area contributed by atoms with E-state index in [-0.39, 0.29) is 6.10 Å². The molecular weight excluding hydrogens is 326 g/mol. The average Bonchev–Trinajstić information content (AvgIpc) is 2.95. The molecular formula is C22H27NO3. The topological polar surface area (TPSA) is 49.8 Å². The van der Waals surface area contributed by atoms with Crippen LogP contribution >= 0.6 is 0 Å². The van der Waals surface area contributed by atoms with Crippen LogP contribution in [0.1, 0.15) is 49.5 Å². The Bertz CT molecular complexity index is 761. The van der Waals surface area contributed by atoms with E-state index in [4.69, 9.17) is 4.74 Å². The Morgan fingerprint density at radius 3 is 2.54 bits per heavy atom. The van der Waals surface area contributed by atoms with Gasteiger partial charge in [0, 0.05) is 0 Å². The van der Waals surface area contributed by atoms with E-state index in [1.54, 1.807) is 6.92 Å². The molecule has 0 aromatic heterocycles. The molecule has 4 nitrogen and oxygen atoms in total. The molecule has 2 aromatic rings. The standard InChI is InChI=1S/C22H27NO3/c1-16(21(24)25)23(3)15-9-14-22(18-10-5-4-6-11-18)20-13-8-7-12-19(20)17(2)26-22/h4-8,10-13,16-17H,9,14-15H2,1-3H3,(H,24,25)/t16-,17?,22?/m0/s1. The van der Waals surface area contributed by atoms with Gasteiger partial charge in [-0.15, -0.1) is 0 Å². The predicted octanol–water partition coefficient (Wildman–Crippen LogP) is 4.21. The van der Waals surface area contributed by atoms with Gasteiger partial charge in [-0.2, -0.15) is 0 Å². The number of aliphatic carboxylic acids is 1. The summed E-state index contributed by atoms with van der Waals surface area (Å²) in [6.07, 6.45) is 1.71. The fraction of sp³-hybridized carbons (Fsp3) is 0.409. The van der Waals surface area contributed by atoms with E-state index in [0.717, 1.165) is 18.4 Å². The Morgan fingerprint density at radius 2 is 1.85 bits per heavy atom. The summed E-state index contributed by atoms with van der Waals surface area (Å²) in [6.45, 7) is 4.53. The molecule has 2 aromatic carbocycles. The van der Waals surface area contributed by atoms with Gasteiger partial charge in [0.05, 0.1) is 6.10 Å². The maximum Gasteiger partial charge on any atom is 0.320 e. The zero-order valence-corrected chi connectivity index (χ0v) is 15.7. The predicted molar refractivity (Wildman–Crippen MR) is 102 cm³/mol. The lowest BCUT2D eigenvalue weighted by molar-refractivity contribution is -0.142. The van der Waals surface area contributed by atoms with Crippen molar-refractivity contribution in [2.24, 2.45) is 0 Å². The monoisotopic (exact) mass is 353 g/mol. The second kappa shape index (κ2) is 7.60. The number of ether oxygens (including phenoxy) is 1. The zero-order valence-electron chi connectivity index (χ0n) is 15.7. The van der Waals surface area contributed by atoms with E-state index in [0.29, 0.717) is 6.54 Å². The molecule has 3 rings (SSSR count). The van der Waals surface area contributed by atoms with Crippen LogP contribution in [-0.4, -0.2) is 35.6 Å². The summed E-state index contributed by atoms with van der Waals surface area (Å²) in [5, 5.41) is 9.19. The molecule has 1 aliphatic rings. The third kappa shape index (κ3) is 3.39. The van der Waals surface area contributed by atoms with Crippen molar-refractivity contribution in [3.63, 3.8) is 0 Å². The third-order valence-corrected chi connectivity index (χ3v) is 5.51. The second-order valence-corrected chi connectivity index (χ2v) is 7.14. The Balaban J connectivity index is 1.87. The van der Waals surface area contributed by atoms with Crippen molar-refractivity contribution >= 4 is 5.97 Å². The normalized spacial score (nSPS) is 23.0. The zero-order chi connectivity index (χ0) is 18.7. The smallest absolute Gasteiger partial charge is 0.320 e. The molecule has 0 saturated carbocycles. The number of hydrogen-bond donors (Lipinski definition) is 1. The van der Waals surface area contributed by atoms with E-state index >= 15 is 0 Å². The molecule has 2 unspecified atom stereocenters. The fourth-order valence-corrected chi connectivity index (χ4v) is 3.88. The molecule has 3 atom stereocenters. The molecule has 0 spiro atoms. The first-order valence-corrected chi connectivity index (χ1v) is 9.21. The number of carboxylic acid groups (broad SMARTS) is 1. The lowest BCUT2D eigenvalue weighted by Gasteiger charge is -2.32. The van der Waals surface area contributed by atoms with Crippen LogP contribution < -0.4 is 0 Å². The molecule has 1 aliphatic heterocycles. The number of likely N-dealkylation sites (N-methyl/N-ethyl adjacent to an activating group) is 1. The molecule has 0 fully saturated rings. The maximum atomic E-state index is 11.2. The molecule has 0 aliphatic carbocycles. The van der Waals surface area contributed by atoms with Gasteiger partial charge in [-0.05, 0) is 57.0 Å². The Kier molecular flexibility index (Phi) is 5.44. The minimum Gasteiger partial charge on any atom is -0.480 e. The van der Waals surface area contributed by atoms with Crippen molar-refractivity contribution in [2.75, 3.05) is 13.6 Å². The van der Waals surface area contributed by atoms with Gasteiger partial charge < -0.3 is 9.84 Å². The van der Waals surface area contributed by atoms with E-state index in [2.05, 4.69) is 43.3 Å². The van der Waals surface area contributed by atoms with Gasteiger partial charge in [0.1, 0.15) is 11.6 Å². The third-order valence-electron chi connectivity index (χ3n) is 5.51. The molecule has 0 amide bonds.